The molecule has 98 valence electrons. The van der Waals surface area contributed by atoms with Crippen LogP contribution in [0.4, 0.5) is 5.69 Å². The summed E-state index contributed by atoms with van der Waals surface area (Å²) in [6.07, 6.45) is 0. The molecule has 0 aliphatic carbocycles. The fourth-order valence-electron chi connectivity index (χ4n) is 1.60. The smallest absolute Gasteiger partial charge is 0.328 e. The number of amides is 1. The molecule has 0 radical (unpaired) electrons. The molecule has 0 heterocycles. The maximum atomic E-state index is 12.0. The lowest BCUT2D eigenvalue weighted by Crippen LogP contribution is -2.40. The molecule has 0 aromatic heterocycles. The molecule has 0 saturated heterocycles. The van der Waals surface area contributed by atoms with Crippen molar-refractivity contribution in [2.45, 2.75) is 26.8 Å². The Hall–Kier alpha value is -2.04. The molecular formula is C13H18N2O3. The van der Waals surface area contributed by atoms with Crippen molar-refractivity contribution in [1.29, 1.82) is 0 Å². The van der Waals surface area contributed by atoms with Gasteiger partial charge in [0.25, 0.3) is 5.91 Å². The maximum Gasteiger partial charge on any atom is 0.328 e. The monoisotopic (exact) mass is 250 g/mol. The van der Waals surface area contributed by atoms with Gasteiger partial charge in [-0.1, -0.05) is 12.1 Å². The number of rotatable bonds is 4. The topological polar surface area (TPSA) is 81.4 Å². The van der Waals surface area contributed by atoms with Gasteiger partial charge in [-0.2, -0.15) is 0 Å². The summed E-state index contributed by atoms with van der Waals surface area (Å²) in [6, 6.07) is 4.52. The molecule has 1 aromatic rings. The van der Waals surface area contributed by atoms with Gasteiger partial charge in [-0.25, -0.2) is 4.79 Å². The average Bonchev–Trinajstić information content (AvgIpc) is 2.28. The highest BCUT2D eigenvalue weighted by molar-refractivity contribution is 6.02. The number of esters is 1. The van der Waals surface area contributed by atoms with Gasteiger partial charge in [0.05, 0.1) is 12.2 Å². The van der Waals surface area contributed by atoms with E-state index in [9.17, 15) is 9.59 Å². The van der Waals surface area contributed by atoms with Gasteiger partial charge in [0.2, 0.25) is 0 Å². The number of hydrogen-bond donors (Lipinski definition) is 2. The summed E-state index contributed by atoms with van der Waals surface area (Å²) in [5.74, 6) is -0.829. The first-order valence-corrected chi connectivity index (χ1v) is 5.80. The largest absolute Gasteiger partial charge is 0.464 e. The van der Waals surface area contributed by atoms with Gasteiger partial charge >= 0.3 is 5.97 Å². The van der Waals surface area contributed by atoms with Crippen LogP contribution in [-0.2, 0) is 9.53 Å². The lowest BCUT2D eigenvalue weighted by atomic mass is 10.1. The van der Waals surface area contributed by atoms with E-state index in [0.29, 0.717) is 11.3 Å². The third-order valence-corrected chi connectivity index (χ3v) is 2.52. The zero-order valence-electron chi connectivity index (χ0n) is 10.8. The van der Waals surface area contributed by atoms with Crippen LogP contribution in [0.5, 0.6) is 0 Å². The second kappa shape index (κ2) is 6.05. The van der Waals surface area contributed by atoms with Crippen LogP contribution in [0.3, 0.4) is 0 Å². The van der Waals surface area contributed by atoms with Crippen LogP contribution < -0.4 is 11.1 Å². The molecule has 1 unspecified atom stereocenters. The number of nitrogens with one attached hydrogen (secondary N) is 1. The minimum Gasteiger partial charge on any atom is -0.464 e. The number of nitrogen functional groups attached to an aromatic ring is 1. The van der Waals surface area contributed by atoms with Crippen LogP contribution in [0, 0.1) is 6.92 Å². The standard InChI is InChI=1S/C13H18N2O3/c1-4-18-13(17)9(3)15-12(16)11-8(2)6-5-7-10(11)14/h5-7,9H,4,14H2,1-3H3,(H,15,16). The van der Waals surface area contributed by atoms with Gasteiger partial charge < -0.3 is 15.8 Å². The van der Waals surface area contributed by atoms with Crippen LogP contribution in [0.2, 0.25) is 0 Å². The van der Waals surface area contributed by atoms with E-state index in [1.165, 1.54) is 0 Å². The summed E-state index contributed by atoms with van der Waals surface area (Å²) in [6.45, 7) is 5.36. The Kier molecular flexibility index (Phi) is 4.71. The van der Waals surface area contributed by atoms with Gasteiger partial charge in [-0.15, -0.1) is 0 Å². The summed E-state index contributed by atoms with van der Waals surface area (Å²) < 4.78 is 4.82. The van der Waals surface area contributed by atoms with Gasteiger partial charge in [-0.05, 0) is 32.4 Å². The Balaban J connectivity index is 2.80. The minimum absolute atomic E-state index is 0.283. The van der Waals surface area contributed by atoms with Gasteiger partial charge in [0, 0.05) is 5.69 Å². The van der Waals surface area contributed by atoms with E-state index < -0.39 is 12.0 Å². The molecule has 1 aromatic carbocycles. The normalized spacial score (nSPS) is 11.7. The molecule has 0 fully saturated rings. The molecule has 1 atom stereocenters. The number of aryl methyl sites for hydroxylation is 1. The van der Waals surface area contributed by atoms with E-state index in [1.807, 2.05) is 0 Å². The highest BCUT2D eigenvalue weighted by Gasteiger charge is 2.19. The second-order valence-electron chi connectivity index (χ2n) is 3.99. The van der Waals surface area contributed by atoms with Crippen molar-refractivity contribution >= 4 is 17.6 Å². The number of carbonyl (C=O) groups is 2. The van der Waals surface area contributed by atoms with Crippen molar-refractivity contribution in [1.82, 2.24) is 5.32 Å². The van der Waals surface area contributed by atoms with Crippen molar-refractivity contribution in [3.8, 4) is 0 Å². The first kappa shape index (κ1) is 14.0. The van der Waals surface area contributed by atoms with Crippen LogP contribution in [0.1, 0.15) is 29.8 Å². The predicted octanol–water partition coefficient (Wildman–Crippen LogP) is 1.26. The fourth-order valence-corrected chi connectivity index (χ4v) is 1.60. The number of anilines is 1. The van der Waals surface area contributed by atoms with Crippen molar-refractivity contribution in [3.63, 3.8) is 0 Å². The molecule has 0 aliphatic rings. The molecule has 5 nitrogen and oxygen atoms in total. The van der Waals surface area contributed by atoms with E-state index >= 15 is 0 Å². The lowest BCUT2D eigenvalue weighted by Gasteiger charge is -2.14. The van der Waals surface area contributed by atoms with Crippen molar-refractivity contribution in [2.75, 3.05) is 12.3 Å². The number of carbonyl (C=O) groups excluding carboxylic acids is 2. The minimum atomic E-state index is -0.698. The molecule has 0 saturated carbocycles. The maximum absolute atomic E-state index is 12.0. The molecule has 5 heteroatoms. The summed E-state index contributed by atoms with van der Waals surface area (Å²) in [5, 5.41) is 2.57. The fraction of sp³-hybridized carbons (Fsp3) is 0.385. The van der Waals surface area contributed by atoms with Crippen molar-refractivity contribution in [3.05, 3.63) is 29.3 Å². The molecule has 0 bridgehead atoms. The van der Waals surface area contributed by atoms with Gasteiger partial charge in [0.15, 0.2) is 0 Å². The Labute approximate surface area is 106 Å². The number of benzene rings is 1. The first-order valence-electron chi connectivity index (χ1n) is 5.80. The number of ether oxygens (including phenoxy) is 1. The number of hydrogen-bond acceptors (Lipinski definition) is 4. The zero-order chi connectivity index (χ0) is 13.7. The molecule has 1 rings (SSSR count). The predicted molar refractivity (Wildman–Crippen MR) is 69.2 cm³/mol. The van der Waals surface area contributed by atoms with Crippen molar-refractivity contribution < 1.29 is 14.3 Å². The average molecular weight is 250 g/mol. The highest BCUT2D eigenvalue weighted by Crippen LogP contribution is 2.16. The quantitative estimate of drug-likeness (QED) is 0.622. The number of nitrogens with two attached hydrogens (primary N) is 1. The molecule has 1 amide bonds. The molecule has 0 aliphatic heterocycles. The molecular weight excluding hydrogens is 232 g/mol. The van der Waals surface area contributed by atoms with E-state index in [4.69, 9.17) is 10.5 Å². The summed E-state index contributed by atoms with van der Waals surface area (Å²) in [4.78, 5) is 23.4. The van der Waals surface area contributed by atoms with Gasteiger partial charge in [0.1, 0.15) is 6.04 Å². The SMILES string of the molecule is CCOC(=O)C(C)NC(=O)c1c(C)cccc1N. The highest BCUT2D eigenvalue weighted by atomic mass is 16.5. The van der Waals surface area contributed by atoms with Crippen LogP contribution >= 0.6 is 0 Å². The van der Waals surface area contributed by atoms with Crippen LogP contribution in [0.25, 0.3) is 0 Å². The van der Waals surface area contributed by atoms with Crippen molar-refractivity contribution in [2.24, 2.45) is 0 Å². The summed E-state index contributed by atoms with van der Waals surface area (Å²) >= 11 is 0. The van der Waals surface area contributed by atoms with Gasteiger partial charge in [-0.3, -0.25) is 4.79 Å². The summed E-state index contributed by atoms with van der Waals surface area (Å²) in [7, 11) is 0. The molecule has 3 N–H and O–H groups in total. The Bertz CT molecular complexity index is 437. The van der Waals surface area contributed by atoms with E-state index in [-0.39, 0.29) is 12.5 Å². The van der Waals surface area contributed by atoms with E-state index in [1.54, 1.807) is 39.0 Å². The zero-order valence-corrected chi connectivity index (χ0v) is 10.8. The third-order valence-electron chi connectivity index (χ3n) is 2.52. The summed E-state index contributed by atoms with van der Waals surface area (Å²) in [5.41, 5.74) is 7.31. The van der Waals surface area contributed by atoms with Crippen LogP contribution in [-0.4, -0.2) is 24.5 Å². The first-order chi connectivity index (χ1) is 8.47. The van der Waals surface area contributed by atoms with E-state index in [2.05, 4.69) is 5.32 Å². The Morgan fingerprint density at radius 2 is 2.11 bits per heavy atom. The lowest BCUT2D eigenvalue weighted by molar-refractivity contribution is -0.144. The second-order valence-corrected chi connectivity index (χ2v) is 3.99. The Morgan fingerprint density at radius 1 is 1.44 bits per heavy atom. The third kappa shape index (κ3) is 3.23. The Morgan fingerprint density at radius 3 is 2.67 bits per heavy atom. The molecule has 18 heavy (non-hydrogen) atoms. The molecule has 0 spiro atoms. The van der Waals surface area contributed by atoms with Crippen LogP contribution in [0.15, 0.2) is 18.2 Å². The van der Waals surface area contributed by atoms with E-state index in [0.717, 1.165) is 5.56 Å².